The van der Waals surface area contributed by atoms with Crippen molar-refractivity contribution >= 4 is 27.3 Å². The van der Waals surface area contributed by atoms with E-state index in [0.29, 0.717) is 45.8 Å². The highest BCUT2D eigenvalue weighted by atomic mass is 32.2. The molecule has 0 aliphatic rings. The molecule has 4 aromatic rings. The van der Waals surface area contributed by atoms with E-state index in [2.05, 4.69) is 4.98 Å². The second-order valence-corrected chi connectivity index (χ2v) is 8.23. The number of carbonyl (C=O) groups excluding carboxylic acids is 1. The molecular weight excluding hydrogens is 404 g/mol. The lowest BCUT2D eigenvalue weighted by atomic mass is 10.1. The number of hydrogen-bond acceptors (Lipinski definition) is 6. The minimum absolute atomic E-state index is 0.149. The first kappa shape index (κ1) is 19.7. The van der Waals surface area contributed by atoms with E-state index in [-0.39, 0.29) is 4.90 Å². The Morgan fingerprint density at radius 2 is 1.70 bits per heavy atom. The lowest BCUT2D eigenvalue weighted by Crippen LogP contribution is -2.14. The summed E-state index contributed by atoms with van der Waals surface area (Å²) in [6.07, 6.45) is 0.686. The van der Waals surface area contributed by atoms with Crippen molar-refractivity contribution in [1.29, 1.82) is 0 Å². The van der Waals surface area contributed by atoms with Gasteiger partial charge in [-0.05, 0) is 36.4 Å². The van der Waals surface area contributed by atoms with Crippen LogP contribution in [0.1, 0.15) is 10.4 Å². The molecule has 2 heterocycles. The van der Waals surface area contributed by atoms with Crippen LogP contribution < -0.4 is 9.47 Å². The molecule has 30 heavy (non-hydrogen) atoms. The number of ether oxygens (including phenoxy) is 2. The van der Waals surface area contributed by atoms with Gasteiger partial charge in [-0.1, -0.05) is 24.3 Å². The Labute approximate surface area is 173 Å². The average molecular weight is 422 g/mol. The molecule has 0 radical (unpaired) electrons. The normalized spacial score (nSPS) is 11.4. The number of hydrogen-bond donors (Lipinski definition) is 0. The number of benzene rings is 2. The van der Waals surface area contributed by atoms with Gasteiger partial charge in [0.2, 0.25) is 5.88 Å². The van der Waals surface area contributed by atoms with Crippen molar-refractivity contribution in [1.82, 2.24) is 8.96 Å². The summed E-state index contributed by atoms with van der Waals surface area (Å²) in [4.78, 5) is 15.8. The van der Waals surface area contributed by atoms with Gasteiger partial charge in [-0.15, -0.1) is 0 Å². The third-order valence-electron chi connectivity index (χ3n) is 4.73. The van der Waals surface area contributed by atoms with Gasteiger partial charge >= 0.3 is 0 Å². The first-order valence-electron chi connectivity index (χ1n) is 9.00. The van der Waals surface area contributed by atoms with Crippen molar-refractivity contribution in [3.05, 3.63) is 72.3 Å². The van der Waals surface area contributed by atoms with Gasteiger partial charge in [0.1, 0.15) is 5.75 Å². The van der Waals surface area contributed by atoms with E-state index in [0.717, 1.165) is 0 Å². The Kier molecular flexibility index (Phi) is 5.01. The molecule has 0 unspecified atom stereocenters. The number of methoxy groups -OCH3 is 2. The summed E-state index contributed by atoms with van der Waals surface area (Å²) in [5, 5.41) is 0. The van der Waals surface area contributed by atoms with Gasteiger partial charge in [-0.3, -0.25) is 4.79 Å². The smallest absolute Gasteiger partial charge is 0.268 e. The van der Waals surface area contributed by atoms with E-state index in [1.165, 1.54) is 30.3 Å². The molecule has 0 aliphatic heterocycles. The van der Waals surface area contributed by atoms with E-state index in [4.69, 9.17) is 9.47 Å². The van der Waals surface area contributed by atoms with Crippen molar-refractivity contribution in [2.24, 2.45) is 0 Å². The number of nitrogens with zero attached hydrogens (tertiary/aromatic N) is 2. The fraction of sp³-hybridized carbons (Fsp3) is 0.0909. The Morgan fingerprint density at radius 3 is 2.37 bits per heavy atom. The highest BCUT2D eigenvalue weighted by Gasteiger charge is 2.25. The maximum absolute atomic E-state index is 13.6. The zero-order chi connectivity index (χ0) is 21.3. The Balaban J connectivity index is 2.05. The van der Waals surface area contributed by atoms with Gasteiger partial charge in [-0.2, -0.15) is 0 Å². The highest BCUT2D eigenvalue weighted by Crippen LogP contribution is 2.34. The summed E-state index contributed by atoms with van der Waals surface area (Å²) in [6.45, 7) is 0. The molecule has 0 fully saturated rings. The van der Waals surface area contributed by atoms with Crippen LogP contribution in [-0.4, -0.2) is 37.9 Å². The van der Waals surface area contributed by atoms with Gasteiger partial charge in [-0.25, -0.2) is 17.4 Å². The molecule has 152 valence electrons. The molecule has 0 spiro atoms. The number of carbonyl (C=O) groups is 1. The first-order valence-corrected chi connectivity index (χ1v) is 10.4. The molecule has 2 aromatic heterocycles. The summed E-state index contributed by atoms with van der Waals surface area (Å²) in [6, 6.07) is 18.0. The number of aldehydes is 1. The minimum atomic E-state index is -3.93. The second-order valence-electron chi connectivity index (χ2n) is 6.44. The molecular formula is C22H18N2O5S. The van der Waals surface area contributed by atoms with Crippen LogP contribution in [0.25, 0.3) is 22.3 Å². The summed E-state index contributed by atoms with van der Waals surface area (Å²) >= 11 is 0. The van der Waals surface area contributed by atoms with Crippen molar-refractivity contribution in [2.45, 2.75) is 4.90 Å². The summed E-state index contributed by atoms with van der Waals surface area (Å²) in [5.74, 6) is 0.721. The quantitative estimate of drug-likeness (QED) is 0.440. The molecule has 0 bridgehead atoms. The SMILES string of the molecule is COc1ccc2c(cc(-c3ccc(C=O)c(OC)c3)n2S(=O)(=O)c2ccccc2)n1. The maximum Gasteiger partial charge on any atom is 0.268 e. The zero-order valence-corrected chi connectivity index (χ0v) is 17.1. The van der Waals surface area contributed by atoms with Crippen LogP contribution in [0, 0.1) is 0 Å². The zero-order valence-electron chi connectivity index (χ0n) is 16.3. The standard InChI is InChI=1S/C22H18N2O5S/c1-28-21-12-15(8-9-16(21)14-25)20-13-18-19(10-11-22(23-18)29-2)24(20)30(26,27)17-6-4-3-5-7-17/h3-14H,1-2H3. The van der Waals surface area contributed by atoms with Crippen LogP contribution >= 0.6 is 0 Å². The number of aromatic nitrogens is 2. The average Bonchev–Trinajstić information content (AvgIpc) is 3.18. The largest absolute Gasteiger partial charge is 0.496 e. The summed E-state index contributed by atoms with van der Waals surface area (Å²) in [5.41, 5.74) is 2.20. The third kappa shape index (κ3) is 3.21. The van der Waals surface area contributed by atoms with Gasteiger partial charge in [0.25, 0.3) is 10.0 Å². The molecule has 0 saturated carbocycles. The molecule has 7 nitrogen and oxygen atoms in total. The van der Waals surface area contributed by atoms with E-state index < -0.39 is 10.0 Å². The fourth-order valence-corrected chi connectivity index (χ4v) is 4.83. The Bertz CT molecular complexity index is 1340. The van der Waals surface area contributed by atoms with Gasteiger partial charge in [0.15, 0.2) is 6.29 Å². The molecule has 0 atom stereocenters. The topological polar surface area (TPSA) is 87.5 Å². The predicted molar refractivity (Wildman–Crippen MR) is 113 cm³/mol. The van der Waals surface area contributed by atoms with Crippen molar-refractivity contribution < 1.29 is 22.7 Å². The van der Waals surface area contributed by atoms with E-state index in [9.17, 15) is 13.2 Å². The van der Waals surface area contributed by atoms with E-state index >= 15 is 0 Å². The van der Waals surface area contributed by atoms with Crippen LogP contribution in [0.3, 0.4) is 0 Å². The van der Waals surface area contributed by atoms with Crippen LogP contribution in [0.5, 0.6) is 11.6 Å². The third-order valence-corrected chi connectivity index (χ3v) is 6.48. The number of rotatable bonds is 6. The van der Waals surface area contributed by atoms with Crippen LogP contribution in [0.4, 0.5) is 0 Å². The number of fused-ring (bicyclic) bond motifs is 1. The van der Waals surface area contributed by atoms with Crippen molar-refractivity contribution in [2.75, 3.05) is 14.2 Å². The lowest BCUT2D eigenvalue weighted by Gasteiger charge is -2.13. The molecule has 0 aliphatic carbocycles. The molecule has 0 amide bonds. The van der Waals surface area contributed by atoms with Gasteiger partial charge in [0, 0.05) is 11.6 Å². The lowest BCUT2D eigenvalue weighted by molar-refractivity contribution is 0.112. The van der Waals surface area contributed by atoms with Crippen LogP contribution in [0.2, 0.25) is 0 Å². The molecule has 0 N–H and O–H groups in total. The molecule has 0 saturated heterocycles. The van der Waals surface area contributed by atoms with Crippen molar-refractivity contribution in [3.8, 4) is 22.9 Å². The Hall–Kier alpha value is -3.65. The highest BCUT2D eigenvalue weighted by molar-refractivity contribution is 7.90. The van der Waals surface area contributed by atoms with Crippen molar-refractivity contribution in [3.63, 3.8) is 0 Å². The fourth-order valence-electron chi connectivity index (χ4n) is 3.28. The first-order chi connectivity index (χ1) is 14.5. The van der Waals surface area contributed by atoms with Crippen LogP contribution in [0.15, 0.2) is 71.6 Å². The van der Waals surface area contributed by atoms with E-state index in [1.807, 2.05) is 0 Å². The Morgan fingerprint density at radius 1 is 0.933 bits per heavy atom. The number of pyridine rings is 1. The minimum Gasteiger partial charge on any atom is -0.496 e. The summed E-state index contributed by atoms with van der Waals surface area (Å²) < 4.78 is 38.8. The molecule has 2 aromatic carbocycles. The summed E-state index contributed by atoms with van der Waals surface area (Å²) in [7, 11) is -0.981. The van der Waals surface area contributed by atoms with E-state index in [1.54, 1.807) is 54.6 Å². The predicted octanol–water partition coefficient (Wildman–Crippen LogP) is 3.77. The van der Waals surface area contributed by atoms with Gasteiger partial charge < -0.3 is 9.47 Å². The second kappa shape index (κ2) is 7.64. The van der Waals surface area contributed by atoms with Gasteiger partial charge in [0.05, 0.1) is 41.4 Å². The van der Waals surface area contributed by atoms with Crippen LogP contribution in [-0.2, 0) is 10.0 Å². The monoisotopic (exact) mass is 422 g/mol. The molecule has 8 heteroatoms. The maximum atomic E-state index is 13.6. The molecule has 4 rings (SSSR count).